The third-order valence-corrected chi connectivity index (χ3v) is 5.97. The van der Waals surface area contributed by atoms with Crippen LogP contribution in [0.4, 0.5) is 5.69 Å². The van der Waals surface area contributed by atoms with E-state index in [0.29, 0.717) is 18.7 Å². The van der Waals surface area contributed by atoms with Crippen LogP contribution in [-0.4, -0.2) is 43.6 Å². The van der Waals surface area contributed by atoms with Gasteiger partial charge >= 0.3 is 0 Å². The number of anilines is 1. The molecule has 1 aliphatic rings. The van der Waals surface area contributed by atoms with Crippen LogP contribution in [0.5, 0.6) is 5.75 Å². The van der Waals surface area contributed by atoms with Crippen LogP contribution in [-0.2, 0) is 17.9 Å². The molecule has 0 aliphatic carbocycles. The maximum atomic E-state index is 13.3. The fourth-order valence-electron chi connectivity index (χ4n) is 4.14. The third kappa shape index (κ3) is 5.71. The number of piperazine rings is 1. The molecule has 6 heteroatoms. The SMILES string of the molecule is COc1ccc(N2CCN(Cc3ccccc3)CC2C(=O)NCc2ccc(C#N)cc2)cc1. The molecule has 1 N–H and O–H groups in total. The summed E-state index contributed by atoms with van der Waals surface area (Å²) in [5.74, 6) is 0.788. The summed E-state index contributed by atoms with van der Waals surface area (Å²) in [5, 5.41) is 12.1. The molecule has 1 heterocycles. The smallest absolute Gasteiger partial charge is 0.244 e. The van der Waals surface area contributed by atoms with Crippen molar-refractivity contribution in [2.75, 3.05) is 31.6 Å². The van der Waals surface area contributed by atoms with E-state index in [1.54, 1.807) is 19.2 Å². The first-order valence-electron chi connectivity index (χ1n) is 11.1. The minimum Gasteiger partial charge on any atom is -0.497 e. The van der Waals surface area contributed by atoms with Crippen LogP contribution in [0.25, 0.3) is 0 Å². The second-order valence-corrected chi connectivity index (χ2v) is 8.15. The van der Waals surface area contributed by atoms with Gasteiger partial charge in [-0.1, -0.05) is 42.5 Å². The lowest BCUT2D eigenvalue weighted by Gasteiger charge is -2.42. The maximum Gasteiger partial charge on any atom is 0.244 e. The molecule has 33 heavy (non-hydrogen) atoms. The number of carbonyl (C=O) groups is 1. The van der Waals surface area contributed by atoms with Gasteiger partial charge in [-0.15, -0.1) is 0 Å². The molecule has 1 aliphatic heterocycles. The zero-order valence-electron chi connectivity index (χ0n) is 18.8. The number of hydrogen-bond acceptors (Lipinski definition) is 5. The van der Waals surface area contributed by atoms with Gasteiger partial charge < -0.3 is 15.0 Å². The largest absolute Gasteiger partial charge is 0.497 e. The molecule has 1 saturated heterocycles. The molecule has 0 spiro atoms. The first-order valence-corrected chi connectivity index (χ1v) is 11.1. The van der Waals surface area contributed by atoms with Crippen molar-refractivity contribution in [3.05, 3.63) is 95.6 Å². The average Bonchev–Trinajstić information content (AvgIpc) is 2.88. The summed E-state index contributed by atoms with van der Waals surface area (Å²) < 4.78 is 5.29. The van der Waals surface area contributed by atoms with Gasteiger partial charge in [-0.2, -0.15) is 5.26 Å². The minimum atomic E-state index is -0.311. The molecule has 1 unspecified atom stereocenters. The van der Waals surface area contributed by atoms with Crippen LogP contribution >= 0.6 is 0 Å². The van der Waals surface area contributed by atoms with E-state index in [-0.39, 0.29) is 11.9 Å². The number of benzene rings is 3. The molecular formula is C27H28N4O2. The Labute approximate surface area is 195 Å². The summed E-state index contributed by atoms with van der Waals surface area (Å²) in [6, 6.07) is 27.3. The summed E-state index contributed by atoms with van der Waals surface area (Å²) in [7, 11) is 1.65. The Morgan fingerprint density at radius 3 is 2.39 bits per heavy atom. The van der Waals surface area contributed by atoms with Gasteiger partial charge in [0, 0.05) is 38.4 Å². The molecule has 3 aromatic carbocycles. The number of nitriles is 1. The van der Waals surface area contributed by atoms with E-state index in [0.717, 1.165) is 36.6 Å². The molecule has 1 fully saturated rings. The zero-order valence-corrected chi connectivity index (χ0v) is 18.8. The first kappa shape index (κ1) is 22.4. The standard InChI is InChI=1S/C27H28N4O2/c1-33-25-13-11-24(12-14-25)31-16-15-30(19-23-5-3-2-4-6-23)20-26(31)27(32)29-18-22-9-7-21(17-28)8-10-22/h2-14,26H,15-16,18-20H2,1H3,(H,29,32). The quantitative estimate of drug-likeness (QED) is 0.608. The Hall–Kier alpha value is -3.82. The van der Waals surface area contributed by atoms with Crippen molar-refractivity contribution >= 4 is 11.6 Å². The summed E-state index contributed by atoms with van der Waals surface area (Å²) in [6.45, 7) is 3.52. The monoisotopic (exact) mass is 440 g/mol. The van der Waals surface area contributed by atoms with E-state index in [2.05, 4.69) is 33.3 Å². The second-order valence-electron chi connectivity index (χ2n) is 8.15. The molecule has 0 bridgehead atoms. The number of hydrogen-bond donors (Lipinski definition) is 1. The van der Waals surface area contributed by atoms with Crippen molar-refractivity contribution in [1.82, 2.24) is 10.2 Å². The molecule has 0 saturated carbocycles. The Balaban J connectivity index is 1.49. The first-order chi connectivity index (χ1) is 16.2. The summed E-state index contributed by atoms with van der Waals surface area (Å²) in [4.78, 5) is 17.9. The lowest BCUT2D eigenvalue weighted by molar-refractivity contribution is -0.123. The topological polar surface area (TPSA) is 68.6 Å². The number of carbonyl (C=O) groups excluding carboxylic acids is 1. The Kier molecular flexibility index (Phi) is 7.23. The fourth-order valence-corrected chi connectivity index (χ4v) is 4.14. The van der Waals surface area contributed by atoms with Crippen LogP contribution in [0, 0.1) is 11.3 Å². The van der Waals surface area contributed by atoms with Crippen LogP contribution < -0.4 is 15.0 Å². The highest BCUT2D eigenvalue weighted by molar-refractivity contribution is 5.86. The third-order valence-electron chi connectivity index (χ3n) is 5.97. The normalized spacial score (nSPS) is 16.1. The van der Waals surface area contributed by atoms with E-state index in [1.807, 2.05) is 54.6 Å². The summed E-state index contributed by atoms with van der Waals surface area (Å²) in [6.07, 6.45) is 0. The maximum absolute atomic E-state index is 13.3. The average molecular weight is 441 g/mol. The van der Waals surface area contributed by atoms with Crippen LogP contribution in [0.2, 0.25) is 0 Å². The van der Waals surface area contributed by atoms with E-state index in [4.69, 9.17) is 10.00 Å². The predicted octanol–water partition coefficient (Wildman–Crippen LogP) is 3.57. The number of ether oxygens (including phenoxy) is 1. The summed E-state index contributed by atoms with van der Waals surface area (Å²) >= 11 is 0. The Morgan fingerprint density at radius 1 is 1.00 bits per heavy atom. The Bertz CT molecular complexity index is 1090. The van der Waals surface area contributed by atoms with Crippen molar-refractivity contribution in [3.63, 3.8) is 0 Å². The van der Waals surface area contributed by atoms with Gasteiger partial charge in [-0.3, -0.25) is 9.69 Å². The molecule has 0 radical (unpaired) electrons. The molecule has 168 valence electrons. The molecular weight excluding hydrogens is 412 g/mol. The number of nitrogens with zero attached hydrogens (tertiary/aromatic N) is 3. The highest BCUT2D eigenvalue weighted by atomic mass is 16.5. The number of amides is 1. The Morgan fingerprint density at radius 2 is 1.73 bits per heavy atom. The molecule has 1 amide bonds. The van der Waals surface area contributed by atoms with Gasteiger partial charge in [-0.05, 0) is 47.5 Å². The van der Waals surface area contributed by atoms with Crippen molar-refractivity contribution in [1.29, 1.82) is 5.26 Å². The number of rotatable bonds is 7. The lowest BCUT2D eigenvalue weighted by Crippen LogP contribution is -2.59. The van der Waals surface area contributed by atoms with E-state index >= 15 is 0 Å². The molecule has 3 aromatic rings. The second kappa shape index (κ2) is 10.7. The van der Waals surface area contributed by atoms with Crippen molar-refractivity contribution in [3.8, 4) is 11.8 Å². The van der Waals surface area contributed by atoms with E-state index in [1.165, 1.54) is 5.56 Å². The molecule has 6 nitrogen and oxygen atoms in total. The molecule has 1 atom stereocenters. The van der Waals surface area contributed by atoms with Crippen molar-refractivity contribution < 1.29 is 9.53 Å². The highest BCUT2D eigenvalue weighted by Crippen LogP contribution is 2.24. The van der Waals surface area contributed by atoms with E-state index < -0.39 is 0 Å². The zero-order chi connectivity index (χ0) is 23.0. The van der Waals surface area contributed by atoms with Gasteiger partial charge in [0.25, 0.3) is 0 Å². The van der Waals surface area contributed by atoms with Gasteiger partial charge in [0.1, 0.15) is 11.8 Å². The molecule has 0 aromatic heterocycles. The molecule has 4 rings (SSSR count). The van der Waals surface area contributed by atoms with Crippen LogP contribution in [0.3, 0.4) is 0 Å². The van der Waals surface area contributed by atoms with Gasteiger partial charge in [0.15, 0.2) is 0 Å². The van der Waals surface area contributed by atoms with Crippen molar-refractivity contribution in [2.45, 2.75) is 19.1 Å². The predicted molar refractivity (Wildman–Crippen MR) is 129 cm³/mol. The van der Waals surface area contributed by atoms with Crippen LogP contribution in [0.15, 0.2) is 78.9 Å². The van der Waals surface area contributed by atoms with Gasteiger partial charge in [-0.25, -0.2) is 0 Å². The van der Waals surface area contributed by atoms with Crippen LogP contribution in [0.1, 0.15) is 16.7 Å². The lowest BCUT2D eigenvalue weighted by atomic mass is 10.1. The number of nitrogens with one attached hydrogen (secondary N) is 1. The highest BCUT2D eigenvalue weighted by Gasteiger charge is 2.32. The number of methoxy groups -OCH3 is 1. The van der Waals surface area contributed by atoms with Gasteiger partial charge in [0.05, 0.1) is 18.7 Å². The van der Waals surface area contributed by atoms with Gasteiger partial charge in [0.2, 0.25) is 5.91 Å². The van der Waals surface area contributed by atoms with E-state index in [9.17, 15) is 4.79 Å². The van der Waals surface area contributed by atoms with Crippen molar-refractivity contribution in [2.24, 2.45) is 0 Å². The summed E-state index contributed by atoms with van der Waals surface area (Å²) in [5.41, 5.74) is 3.83. The minimum absolute atomic E-state index is 0.00654. The fraction of sp³-hybridized carbons (Fsp3) is 0.259.